The molecule has 1 atom stereocenters. The lowest BCUT2D eigenvalue weighted by molar-refractivity contribution is -0.137. The van der Waals surface area contributed by atoms with Crippen LogP contribution in [0.1, 0.15) is 11.1 Å². The third-order valence-corrected chi connectivity index (χ3v) is 6.03. The van der Waals surface area contributed by atoms with Crippen LogP contribution in [0, 0.1) is 5.82 Å². The number of nitrogens with zero attached hydrogens (tertiary/aromatic N) is 3. The first kappa shape index (κ1) is 25.4. The monoisotopic (exact) mass is 508 g/mol. The number of amides is 4. The van der Waals surface area contributed by atoms with E-state index in [1.165, 1.54) is 41.3 Å². The molecule has 1 N–H and O–H groups in total. The molecule has 0 aliphatic carbocycles. The number of halogens is 4. The Hall–Kier alpha value is -3.67. The Morgan fingerprint density at radius 2 is 1.83 bits per heavy atom. The van der Waals surface area contributed by atoms with E-state index in [4.69, 9.17) is 4.74 Å². The zero-order valence-electron chi connectivity index (χ0n) is 19.1. The fourth-order valence-electron chi connectivity index (χ4n) is 4.14. The highest BCUT2D eigenvalue weighted by Crippen LogP contribution is 2.29. The Labute approximate surface area is 204 Å². The molecule has 192 valence electrons. The number of fused-ring (bicyclic) bond motifs is 1. The molecule has 8 nitrogen and oxygen atoms in total. The van der Waals surface area contributed by atoms with Crippen LogP contribution in [0.15, 0.2) is 48.5 Å². The minimum absolute atomic E-state index is 0.173. The molecule has 2 saturated heterocycles. The number of imide groups is 1. The van der Waals surface area contributed by atoms with E-state index in [2.05, 4.69) is 5.32 Å². The molecule has 2 aromatic rings. The predicted octanol–water partition coefficient (Wildman–Crippen LogP) is 2.49. The van der Waals surface area contributed by atoms with E-state index in [0.29, 0.717) is 32.0 Å². The van der Waals surface area contributed by atoms with Gasteiger partial charge in [-0.2, -0.15) is 13.2 Å². The summed E-state index contributed by atoms with van der Waals surface area (Å²) in [5.41, 5.74) is -0.586. The molecule has 0 spiro atoms. The van der Waals surface area contributed by atoms with Crippen LogP contribution in [-0.2, 0) is 22.3 Å². The maximum Gasteiger partial charge on any atom is 0.416 e. The van der Waals surface area contributed by atoms with E-state index in [-0.39, 0.29) is 24.5 Å². The van der Waals surface area contributed by atoms with Gasteiger partial charge >= 0.3 is 12.2 Å². The second-order valence-corrected chi connectivity index (χ2v) is 8.49. The molecule has 0 saturated carbocycles. The van der Waals surface area contributed by atoms with Gasteiger partial charge in [0, 0.05) is 32.7 Å². The van der Waals surface area contributed by atoms with Crippen molar-refractivity contribution in [3.63, 3.8) is 0 Å². The fourth-order valence-corrected chi connectivity index (χ4v) is 4.14. The molecule has 0 radical (unpaired) electrons. The molecule has 0 aromatic heterocycles. The van der Waals surface area contributed by atoms with Gasteiger partial charge in [0.15, 0.2) is 0 Å². The first-order valence-corrected chi connectivity index (χ1v) is 11.3. The number of benzene rings is 2. The van der Waals surface area contributed by atoms with Gasteiger partial charge in [0.05, 0.1) is 5.56 Å². The first-order chi connectivity index (χ1) is 17.1. The van der Waals surface area contributed by atoms with Crippen LogP contribution in [-0.4, -0.2) is 77.9 Å². The smallest absolute Gasteiger partial charge is 0.416 e. The second kappa shape index (κ2) is 10.5. The summed E-state index contributed by atoms with van der Waals surface area (Å²) in [6.45, 7) is 1.19. The lowest BCUT2D eigenvalue weighted by Gasteiger charge is -2.35. The van der Waals surface area contributed by atoms with Crippen molar-refractivity contribution >= 4 is 17.8 Å². The number of carbonyl (C=O) groups is 3. The summed E-state index contributed by atoms with van der Waals surface area (Å²) in [7, 11) is 0. The lowest BCUT2D eigenvalue weighted by atomic mass is 10.1. The molecule has 2 heterocycles. The maximum atomic E-state index is 13.0. The third kappa shape index (κ3) is 5.93. The summed E-state index contributed by atoms with van der Waals surface area (Å²) in [5.74, 6) is -1.00. The average Bonchev–Trinajstić information content (AvgIpc) is 3.08. The number of nitrogens with one attached hydrogen (secondary N) is 1. The van der Waals surface area contributed by atoms with Crippen LogP contribution < -0.4 is 10.1 Å². The van der Waals surface area contributed by atoms with Crippen molar-refractivity contribution in [1.82, 2.24) is 20.0 Å². The molecular formula is C24H24F4N4O4. The van der Waals surface area contributed by atoms with Crippen LogP contribution in [0.4, 0.5) is 22.4 Å². The molecule has 2 fully saturated rings. The van der Waals surface area contributed by atoms with Gasteiger partial charge in [-0.15, -0.1) is 0 Å². The van der Waals surface area contributed by atoms with Crippen molar-refractivity contribution in [3.8, 4) is 5.75 Å². The van der Waals surface area contributed by atoms with Gasteiger partial charge < -0.3 is 15.0 Å². The van der Waals surface area contributed by atoms with Gasteiger partial charge in [-0.05, 0) is 42.0 Å². The predicted molar refractivity (Wildman–Crippen MR) is 119 cm³/mol. The summed E-state index contributed by atoms with van der Waals surface area (Å²) in [4.78, 5) is 42.2. The lowest BCUT2D eigenvalue weighted by Crippen LogP contribution is -2.53. The Morgan fingerprint density at radius 1 is 1.08 bits per heavy atom. The van der Waals surface area contributed by atoms with E-state index in [9.17, 15) is 31.9 Å². The molecule has 36 heavy (non-hydrogen) atoms. The summed E-state index contributed by atoms with van der Waals surface area (Å²) < 4.78 is 57.1. The molecular weight excluding hydrogens is 484 g/mol. The number of alkyl halides is 3. The average molecular weight is 508 g/mol. The molecule has 0 bridgehead atoms. The van der Waals surface area contributed by atoms with E-state index < -0.39 is 42.2 Å². The molecule has 4 amide bonds. The summed E-state index contributed by atoms with van der Waals surface area (Å²) in [6.07, 6.45) is -4.50. The number of hydrogen-bond acceptors (Lipinski definition) is 5. The highest BCUT2D eigenvalue weighted by molar-refractivity contribution is 6.06. The number of ether oxygens (including phenoxy) is 1. The van der Waals surface area contributed by atoms with E-state index in [0.717, 1.165) is 17.0 Å². The SMILES string of the molecule is O=C(CN1C(=O)C2CN(CCOc3ccc(F)cc3)CCN2C1=O)NCc1cccc(C(F)(F)F)c1. The topological polar surface area (TPSA) is 82.2 Å². The number of rotatable bonds is 8. The fraction of sp³-hybridized carbons (Fsp3) is 0.375. The van der Waals surface area contributed by atoms with Crippen LogP contribution in [0.2, 0.25) is 0 Å². The second-order valence-electron chi connectivity index (χ2n) is 8.49. The highest BCUT2D eigenvalue weighted by atomic mass is 19.4. The minimum Gasteiger partial charge on any atom is -0.492 e. The molecule has 2 aliphatic heterocycles. The van der Waals surface area contributed by atoms with E-state index in [1.807, 2.05) is 4.90 Å². The normalized spacial score (nSPS) is 18.4. The summed E-state index contributed by atoms with van der Waals surface area (Å²) >= 11 is 0. The number of urea groups is 1. The van der Waals surface area contributed by atoms with Crippen LogP contribution in [0.25, 0.3) is 0 Å². The largest absolute Gasteiger partial charge is 0.492 e. The third-order valence-electron chi connectivity index (χ3n) is 6.03. The Balaban J connectivity index is 1.26. The maximum absolute atomic E-state index is 13.0. The number of carbonyl (C=O) groups excluding carboxylic acids is 3. The van der Waals surface area contributed by atoms with E-state index >= 15 is 0 Å². The van der Waals surface area contributed by atoms with Crippen molar-refractivity contribution < 1.29 is 36.7 Å². The molecule has 4 rings (SSSR count). The Kier molecular flexibility index (Phi) is 7.43. The Bertz CT molecular complexity index is 1130. The minimum atomic E-state index is -4.50. The van der Waals surface area contributed by atoms with Crippen LogP contribution in [0.5, 0.6) is 5.75 Å². The van der Waals surface area contributed by atoms with Crippen molar-refractivity contribution in [3.05, 3.63) is 65.5 Å². The van der Waals surface area contributed by atoms with Crippen molar-refractivity contribution in [2.75, 3.05) is 39.3 Å². The molecule has 12 heteroatoms. The Morgan fingerprint density at radius 3 is 2.56 bits per heavy atom. The highest BCUT2D eigenvalue weighted by Gasteiger charge is 2.48. The van der Waals surface area contributed by atoms with E-state index in [1.54, 1.807) is 0 Å². The van der Waals surface area contributed by atoms with Crippen molar-refractivity contribution in [1.29, 1.82) is 0 Å². The quantitative estimate of drug-likeness (QED) is 0.438. The standard InChI is InChI=1S/C24H24F4N4O4/c25-18-4-6-19(7-5-18)36-11-10-30-8-9-31-20(14-30)22(34)32(23(31)35)15-21(33)29-13-16-2-1-3-17(12-16)24(26,27)28/h1-7,12,20H,8-11,13-15H2,(H,29,33). The van der Waals surface area contributed by atoms with Crippen molar-refractivity contribution in [2.24, 2.45) is 0 Å². The zero-order valence-corrected chi connectivity index (χ0v) is 19.1. The first-order valence-electron chi connectivity index (χ1n) is 11.3. The van der Waals surface area contributed by atoms with Crippen LogP contribution >= 0.6 is 0 Å². The molecule has 2 aromatic carbocycles. The zero-order chi connectivity index (χ0) is 25.9. The summed E-state index contributed by atoms with van der Waals surface area (Å²) in [5, 5.41) is 2.46. The van der Waals surface area contributed by atoms with Gasteiger partial charge in [-0.3, -0.25) is 19.4 Å². The molecule has 1 unspecified atom stereocenters. The van der Waals surface area contributed by atoms with Crippen LogP contribution in [0.3, 0.4) is 0 Å². The van der Waals surface area contributed by atoms with Crippen molar-refractivity contribution in [2.45, 2.75) is 18.8 Å². The van der Waals surface area contributed by atoms with Gasteiger partial charge in [-0.25, -0.2) is 9.18 Å². The van der Waals surface area contributed by atoms with Gasteiger partial charge in [0.1, 0.15) is 30.8 Å². The van der Waals surface area contributed by atoms with Gasteiger partial charge in [0.25, 0.3) is 5.91 Å². The number of hydrogen-bond donors (Lipinski definition) is 1. The number of piperazine rings is 1. The molecule has 2 aliphatic rings. The van der Waals surface area contributed by atoms with Gasteiger partial charge in [0.2, 0.25) is 5.91 Å². The summed E-state index contributed by atoms with van der Waals surface area (Å²) in [6, 6.07) is 8.87. The van der Waals surface area contributed by atoms with Gasteiger partial charge in [-0.1, -0.05) is 12.1 Å².